The summed E-state index contributed by atoms with van der Waals surface area (Å²) in [4.78, 5) is 17.7. The largest absolute Gasteiger partial charge is 0.296 e. The van der Waals surface area contributed by atoms with Crippen LogP contribution in [0.15, 0.2) is 18.3 Å². The lowest BCUT2D eigenvalue weighted by atomic mass is 10.3. The second-order valence-electron chi connectivity index (χ2n) is 3.50. The van der Waals surface area contributed by atoms with Crippen molar-refractivity contribution >= 4 is 27.7 Å². The SMILES string of the molecule is Cc1ccc(N2CC(Br)CC2=O)nc1. The Bertz CT molecular complexity index is 350. The van der Waals surface area contributed by atoms with Crippen molar-refractivity contribution in [1.29, 1.82) is 0 Å². The zero-order valence-electron chi connectivity index (χ0n) is 7.90. The quantitative estimate of drug-likeness (QED) is 0.718. The minimum Gasteiger partial charge on any atom is -0.296 e. The Kier molecular flexibility index (Phi) is 2.54. The van der Waals surface area contributed by atoms with Crippen LogP contribution < -0.4 is 4.90 Å². The average Bonchev–Trinajstić information content (AvgIpc) is 2.47. The normalized spacial score (nSPS) is 21.7. The van der Waals surface area contributed by atoms with Gasteiger partial charge in [-0.15, -0.1) is 0 Å². The maximum atomic E-state index is 11.5. The topological polar surface area (TPSA) is 33.2 Å². The molecular weight excluding hydrogens is 244 g/mol. The standard InChI is InChI=1S/C10H11BrN2O/c1-7-2-3-9(12-5-7)13-6-8(11)4-10(13)14/h2-3,5,8H,4,6H2,1H3. The number of nitrogens with zero attached hydrogens (tertiary/aromatic N) is 2. The van der Waals surface area contributed by atoms with Gasteiger partial charge in [-0.1, -0.05) is 22.0 Å². The molecule has 1 unspecified atom stereocenters. The molecule has 3 nitrogen and oxygen atoms in total. The molecule has 0 spiro atoms. The lowest BCUT2D eigenvalue weighted by Crippen LogP contribution is -2.25. The van der Waals surface area contributed by atoms with E-state index < -0.39 is 0 Å². The van der Waals surface area contributed by atoms with Gasteiger partial charge in [-0.2, -0.15) is 0 Å². The number of pyridine rings is 1. The highest BCUT2D eigenvalue weighted by atomic mass is 79.9. The Balaban J connectivity index is 2.23. The molecule has 1 saturated heterocycles. The van der Waals surface area contributed by atoms with Crippen LogP contribution in [0.1, 0.15) is 12.0 Å². The second kappa shape index (κ2) is 3.69. The maximum absolute atomic E-state index is 11.5. The van der Waals surface area contributed by atoms with Crippen LogP contribution in [0.2, 0.25) is 0 Å². The van der Waals surface area contributed by atoms with Gasteiger partial charge in [-0.05, 0) is 18.6 Å². The Morgan fingerprint density at radius 3 is 2.86 bits per heavy atom. The molecule has 0 saturated carbocycles. The number of halogens is 1. The predicted molar refractivity (Wildman–Crippen MR) is 58.7 cm³/mol. The summed E-state index contributed by atoms with van der Waals surface area (Å²) in [6.45, 7) is 2.70. The maximum Gasteiger partial charge on any atom is 0.229 e. The number of alkyl halides is 1. The van der Waals surface area contributed by atoms with Gasteiger partial charge >= 0.3 is 0 Å². The van der Waals surface area contributed by atoms with Crippen LogP contribution in [0.4, 0.5) is 5.82 Å². The van der Waals surface area contributed by atoms with Gasteiger partial charge in [0.15, 0.2) is 0 Å². The molecule has 1 aliphatic rings. The number of carbonyl (C=O) groups is 1. The van der Waals surface area contributed by atoms with Crippen molar-refractivity contribution < 1.29 is 4.79 Å². The molecule has 1 amide bonds. The van der Waals surface area contributed by atoms with E-state index >= 15 is 0 Å². The third-order valence-electron chi connectivity index (χ3n) is 2.25. The van der Waals surface area contributed by atoms with Crippen LogP contribution in [-0.4, -0.2) is 22.3 Å². The fourth-order valence-corrected chi connectivity index (χ4v) is 2.07. The summed E-state index contributed by atoms with van der Waals surface area (Å²) in [5, 5.41) is 0. The highest BCUT2D eigenvalue weighted by Gasteiger charge is 2.29. The van der Waals surface area contributed by atoms with Gasteiger partial charge in [-0.3, -0.25) is 9.69 Å². The van der Waals surface area contributed by atoms with Crippen LogP contribution in [-0.2, 0) is 4.79 Å². The van der Waals surface area contributed by atoms with Crippen molar-refractivity contribution in [1.82, 2.24) is 4.98 Å². The molecule has 0 radical (unpaired) electrons. The number of aryl methyl sites for hydroxylation is 1. The van der Waals surface area contributed by atoms with Gasteiger partial charge in [0.2, 0.25) is 5.91 Å². The van der Waals surface area contributed by atoms with E-state index in [1.807, 2.05) is 19.1 Å². The smallest absolute Gasteiger partial charge is 0.229 e. The van der Waals surface area contributed by atoms with Gasteiger partial charge < -0.3 is 0 Å². The lowest BCUT2D eigenvalue weighted by molar-refractivity contribution is -0.117. The molecule has 1 fully saturated rings. The second-order valence-corrected chi connectivity index (χ2v) is 4.79. The minimum absolute atomic E-state index is 0.142. The first-order valence-corrected chi connectivity index (χ1v) is 5.45. The fraction of sp³-hybridized carbons (Fsp3) is 0.400. The van der Waals surface area contributed by atoms with Crippen LogP contribution >= 0.6 is 15.9 Å². The molecule has 1 atom stereocenters. The number of hydrogen-bond donors (Lipinski definition) is 0. The number of amides is 1. The van der Waals surface area contributed by atoms with Gasteiger partial charge in [-0.25, -0.2) is 4.98 Å². The number of anilines is 1. The molecule has 74 valence electrons. The summed E-state index contributed by atoms with van der Waals surface area (Å²) in [6, 6.07) is 3.86. The molecule has 0 bridgehead atoms. The molecule has 0 aliphatic carbocycles. The summed E-state index contributed by atoms with van der Waals surface area (Å²) < 4.78 is 0. The monoisotopic (exact) mass is 254 g/mol. The highest BCUT2D eigenvalue weighted by molar-refractivity contribution is 9.09. The first-order chi connectivity index (χ1) is 6.66. The molecule has 4 heteroatoms. The van der Waals surface area contributed by atoms with Crippen LogP contribution in [0, 0.1) is 6.92 Å². The minimum atomic E-state index is 0.142. The highest BCUT2D eigenvalue weighted by Crippen LogP contribution is 2.23. The van der Waals surface area contributed by atoms with Gasteiger partial charge in [0.25, 0.3) is 0 Å². The average molecular weight is 255 g/mol. The Labute approximate surface area is 91.3 Å². The number of rotatable bonds is 1. The predicted octanol–water partition coefficient (Wildman–Crippen LogP) is 1.89. The molecule has 1 aliphatic heterocycles. The zero-order valence-corrected chi connectivity index (χ0v) is 9.49. The van der Waals surface area contributed by atoms with E-state index in [0.717, 1.165) is 17.9 Å². The van der Waals surface area contributed by atoms with E-state index in [4.69, 9.17) is 0 Å². The Morgan fingerprint density at radius 2 is 2.36 bits per heavy atom. The molecule has 14 heavy (non-hydrogen) atoms. The van der Waals surface area contributed by atoms with E-state index in [1.165, 1.54) is 0 Å². The van der Waals surface area contributed by atoms with Crippen LogP contribution in [0.5, 0.6) is 0 Å². The van der Waals surface area contributed by atoms with E-state index in [1.54, 1.807) is 11.1 Å². The molecule has 0 N–H and O–H groups in total. The van der Waals surface area contributed by atoms with Gasteiger partial charge in [0.1, 0.15) is 5.82 Å². The fourth-order valence-electron chi connectivity index (χ4n) is 1.51. The van der Waals surface area contributed by atoms with Crippen molar-refractivity contribution in [2.45, 2.75) is 18.2 Å². The Hall–Kier alpha value is -0.900. The van der Waals surface area contributed by atoms with Gasteiger partial charge in [0, 0.05) is 24.0 Å². The van der Waals surface area contributed by atoms with Crippen molar-refractivity contribution in [2.75, 3.05) is 11.4 Å². The van der Waals surface area contributed by atoms with E-state index in [9.17, 15) is 4.79 Å². The van der Waals surface area contributed by atoms with Crippen molar-refractivity contribution in [3.05, 3.63) is 23.9 Å². The molecule has 1 aromatic heterocycles. The zero-order chi connectivity index (χ0) is 10.1. The number of carbonyl (C=O) groups excluding carboxylic acids is 1. The number of hydrogen-bond acceptors (Lipinski definition) is 2. The molecule has 2 rings (SSSR count). The lowest BCUT2D eigenvalue weighted by Gasteiger charge is -2.14. The van der Waals surface area contributed by atoms with E-state index in [-0.39, 0.29) is 10.7 Å². The third-order valence-corrected chi connectivity index (χ3v) is 2.86. The van der Waals surface area contributed by atoms with Gasteiger partial charge in [0.05, 0.1) is 0 Å². The Morgan fingerprint density at radius 1 is 1.57 bits per heavy atom. The van der Waals surface area contributed by atoms with Crippen LogP contribution in [0.3, 0.4) is 0 Å². The summed E-state index contributed by atoms with van der Waals surface area (Å²) in [5.74, 6) is 0.894. The van der Waals surface area contributed by atoms with Crippen molar-refractivity contribution in [2.24, 2.45) is 0 Å². The number of aromatic nitrogens is 1. The molecule has 0 aromatic carbocycles. The summed E-state index contributed by atoms with van der Waals surface area (Å²) >= 11 is 3.44. The summed E-state index contributed by atoms with van der Waals surface area (Å²) in [5.41, 5.74) is 1.11. The third kappa shape index (κ3) is 1.80. The first-order valence-electron chi connectivity index (χ1n) is 4.54. The van der Waals surface area contributed by atoms with E-state index in [2.05, 4.69) is 20.9 Å². The molecule has 2 heterocycles. The van der Waals surface area contributed by atoms with Crippen LogP contribution in [0.25, 0.3) is 0 Å². The van der Waals surface area contributed by atoms with Crippen molar-refractivity contribution in [3.8, 4) is 0 Å². The first kappa shape index (κ1) is 9.65. The summed E-state index contributed by atoms with van der Waals surface area (Å²) in [6.07, 6.45) is 2.35. The summed E-state index contributed by atoms with van der Waals surface area (Å²) in [7, 11) is 0. The van der Waals surface area contributed by atoms with Crippen molar-refractivity contribution in [3.63, 3.8) is 0 Å². The molecular formula is C10H11BrN2O. The van der Waals surface area contributed by atoms with E-state index in [0.29, 0.717) is 6.42 Å². The molecule has 1 aromatic rings.